The van der Waals surface area contributed by atoms with E-state index >= 15 is 0 Å². The molecule has 1 aliphatic heterocycles. The highest BCUT2D eigenvalue weighted by atomic mass is 32.1. The first-order valence-corrected chi connectivity index (χ1v) is 8.64. The van der Waals surface area contributed by atoms with Gasteiger partial charge in [0, 0.05) is 17.5 Å². The van der Waals surface area contributed by atoms with Crippen molar-refractivity contribution in [1.29, 1.82) is 5.26 Å². The summed E-state index contributed by atoms with van der Waals surface area (Å²) >= 11 is 1.72. The third-order valence-electron chi connectivity index (χ3n) is 4.11. The van der Waals surface area contributed by atoms with Crippen molar-refractivity contribution in [3.63, 3.8) is 0 Å². The van der Waals surface area contributed by atoms with E-state index in [-0.39, 0.29) is 17.4 Å². The van der Waals surface area contributed by atoms with Crippen LogP contribution in [0.1, 0.15) is 29.5 Å². The lowest BCUT2D eigenvalue weighted by molar-refractivity contribution is -0.385. The molecule has 1 unspecified atom stereocenters. The van der Waals surface area contributed by atoms with Gasteiger partial charge in [-0.3, -0.25) is 15.0 Å². The molecule has 1 saturated heterocycles. The minimum Gasteiger partial charge on any atom is -0.368 e. The molecule has 1 aliphatic rings. The number of anilines is 1. The Hall–Kier alpha value is -2.50. The average Bonchev–Trinajstić information content (AvgIpc) is 3.28. The first kappa shape index (κ1) is 16.4. The average molecular weight is 343 g/mol. The predicted molar refractivity (Wildman–Crippen MR) is 92.0 cm³/mol. The first-order valence-electron chi connectivity index (χ1n) is 7.76. The van der Waals surface area contributed by atoms with Crippen molar-refractivity contribution in [3.05, 3.63) is 50.3 Å². The van der Waals surface area contributed by atoms with E-state index < -0.39 is 4.92 Å². The Labute approximate surface area is 143 Å². The Balaban J connectivity index is 1.75. The molecular weight excluding hydrogens is 326 g/mol. The van der Waals surface area contributed by atoms with Crippen molar-refractivity contribution in [2.45, 2.75) is 18.9 Å². The highest BCUT2D eigenvalue weighted by Crippen LogP contribution is 2.29. The molecule has 124 valence electrons. The van der Waals surface area contributed by atoms with Crippen molar-refractivity contribution >= 4 is 22.8 Å². The maximum atomic E-state index is 10.9. The molecule has 7 nitrogen and oxygen atoms in total. The summed E-state index contributed by atoms with van der Waals surface area (Å²) in [5.41, 5.74) is -0.434. The van der Waals surface area contributed by atoms with E-state index in [0.717, 1.165) is 13.1 Å². The van der Waals surface area contributed by atoms with Crippen molar-refractivity contribution in [2.24, 2.45) is 0 Å². The first-order chi connectivity index (χ1) is 11.7. The quantitative estimate of drug-likeness (QED) is 0.639. The van der Waals surface area contributed by atoms with E-state index in [0.29, 0.717) is 12.4 Å². The molecule has 0 radical (unpaired) electrons. The van der Waals surface area contributed by atoms with Crippen LogP contribution in [0.5, 0.6) is 0 Å². The van der Waals surface area contributed by atoms with Gasteiger partial charge in [-0.1, -0.05) is 6.07 Å². The molecule has 24 heavy (non-hydrogen) atoms. The van der Waals surface area contributed by atoms with Crippen LogP contribution >= 0.6 is 11.3 Å². The van der Waals surface area contributed by atoms with Crippen LogP contribution in [0.4, 0.5) is 11.5 Å². The van der Waals surface area contributed by atoms with Crippen LogP contribution in [0.15, 0.2) is 29.6 Å². The Kier molecular flexibility index (Phi) is 5.03. The van der Waals surface area contributed by atoms with Gasteiger partial charge in [0.2, 0.25) is 5.69 Å². The summed E-state index contributed by atoms with van der Waals surface area (Å²) in [5, 5.41) is 25.2. The Morgan fingerprint density at radius 1 is 1.42 bits per heavy atom. The summed E-state index contributed by atoms with van der Waals surface area (Å²) in [7, 11) is 0. The third kappa shape index (κ3) is 3.53. The van der Waals surface area contributed by atoms with Gasteiger partial charge in [-0.15, -0.1) is 11.3 Å². The van der Waals surface area contributed by atoms with E-state index in [4.69, 9.17) is 5.26 Å². The highest BCUT2D eigenvalue weighted by molar-refractivity contribution is 7.10. The Bertz CT molecular complexity index is 750. The Morgan fingerprint density at radius 2 is 2.21 bits per heavy atom. The fraction of sp³-hybridized carbons (Fsp3) is 0.375. The third-order valence-corrected chi connectivity index (χ3v) is 5.08. The number of nitro groups is 1. The van der Waals surface area contributed by atoms with Gasteiger partial charge in [-0.05, 0) is 43.4 Å². The number of nitrogens with zero attached hydrogens (tertiary/aromatic N) is 4. The molecule has 1 atom stereocenters. The molecular formula is C16H17N5O2S. The second kappa shape index (κ2) is 7.38. The second-order valence-corrected chi connectivity index (χ2v) is 6.57. The SMILES string of the molecule is N#Cc1nc(NCC(c2cccs2)N2CCCC2)ccc1[N+](=O)[O-]. The molecule has 2 aromatic rings. The van der Waals surface area contributed by atoms with E-state index in [1.54, 1.807) is 23.5 Å². The van der Waals surface area contributed by atoms with Gasteiger partial charge in [-0.2, -0.15) is 5.26 Å². The van der Waals surface area contributed by atoms with Gasteiger partial charge in [-0.25, -0.2) is 4.98 Å². The number of pyridine rings is 1. The summed E-state index contributed by atoms with van der Waals surface area (Å²) in [5.74, 6) is 0.484. The molecule has 3 rings (SSSR count). The molecule has 0 amide bonds. The van der Waals surface area contributed by atoms with Gasteiger partial charge in [0.15, 0.2) is 0 Å². The fourth-order valence-electron chi connectivity index (χ4n) is 2.92. The van der Waals surface area contributed by atoms with Crippen LogP contribution in [0, 0.1) is 21.4 Å². The minimum atomic E-state index is -0.589. The zero-order valence-electron chi connectivity index (χ0n) is 13.0. The number of rotatable bonds is 6. The molecule has 0 bridgehead atoms. The molecule has 3 heterocycles. The number of hydrogen-bond acceptors (Lipinski definition) is 7. The van der Waals surface area contributed by atoms with E-state index in [2.05, 4.69) is 26.6 Å². The summed E-state index contributed by atoms with van der Waals surface area (Å²) in [6.45, 7) is 2.79. The van der Waals surface area contributed by atoms with E-state index in [1.165, 1.54) is 23.8 Å². The van der Waals surface area contributed by atoms with Gasteiger partial charge >= 0.3 is 5.69 Å². The normalized spacial score (nSPS) is 15.8. The van der Waals surface area contributed by atoms with Crippen LogP contribution in [-0.2, 0) is 0 Å². The number of hydrogen-bond donors (Lipinski definition) is 1. The molecule has 0 aromatic carbocycles. The summed E-state index contributed by atoms with van der Waals surface area (Å²) in [6, 6.07) is 9.07. The van der Waals surface area contributed by atoms with Crippen LogP contribution in [0.25, 0.3) is 0 Å². The standard InChI is InChI=1S/C16H17N5O2S/c17-10-12-13(21(22)23)5-6-16(19-12)18-11-14(15-4-3-9-24-15)20-7-1-2-8-20/h3-6,9,14H,1-2,7-8,11H2,(H,18,19). The summed E-state index contributed by atoms with van der Waals surface area (Å²) in [4.78, 5) is 18.1. The van der Waals surface area contributed by atoms with E-state index in [1.807, 2.05) is 6.07 Å². The fourth-order valence-corrected chi connectivity index (χ4v) is 3.79. The van der Waals surface area contributed by atoms with Crippen molar-refractivity contribution < 1.29 is 4.92 Å². The number of nitriles is 1. The van der Waals surface area contributed by atoms with Crippen LogP contribution < -0.4 is 5.32 Å². The van der Waals surface area contributed by atoms with Crippen LogP contribution in [0.2, 0.25) is 0 Å². The van der Waals surface area contributed by atoms with Crippen molar-refractivity contribution in [1.82, 2.24) is 9.88 Å². The van der Waals surface area contributed by atoms with Gasteiger partial charge in [0.05, 0.1) is 11.0 Å². The highest BCUT2D eigenvalue weighted by Gasteiger charge is 2.24. The van der Waals surface area contributed by atoms with Crippen molar-refractivity contribution in [2.75, 3.05) is 25.0 Å². The lowest BCUT2D eigenvalue weighted by Crippen LogP contribution is -2.30. The van der Waals surface area contributed by atoms with Gasteiger partial charge < -0.3 is 5.32 Å². The number of likely N-dealkylation sites (tertiary alicyclic amines) is 1. The number of thiophene rings is 1. The molecule has 0 aliphatic carbocycles. The zero-order chi connectivity index (χ0) is 16.9. The molecule has 2 aromatic heterocycles. The Morgan fingerprint density at radius 3 is 2.83 bits per heavy atom. The van der Waals surface area contributed by atoms with Crippen molar-refractivity contribution in [3.8, 4) is 6.07 Å². The number of aromatic nitrogens is 1. The number of nitrogens with one attached hydrogen (secondary N) is 1. The second-order valence-electron chi connectivity index (χ2n) is 5.59. The topological polar surface area (TPSA) is 95.1 Å². The largest absolute Gasteiger partial charge is 0.368 e. The molecule has 1 N–H and O–H groups in total. The summed E-state index contributed by atoms with van der Waals surface area (Å²) in [6.07, 6.45) is 2.41. The molecule has 1 fully saturated rings. The molecule has 0 saturated carbocycles. The smallest absolute Gasteiger partial charge is 0.305 e. The van der Waals surface area contributed by atoms with Crippen LogP contribution in [-0.4, -0.2) is 34.4 Å². The zero-order valence-corrected chi connectivity index (χ0v) is 13.8. The lowest BCUT2D eigenvalue weighted by Gasteiger charge is -2.27. The maximum Gasteiger partial charge on any atom is 0.305 e. The van der Waals surface area contributed by atoms with E-state index in [9.17, 15) is 10.1 Å². The van der Waals surface area contributed by atoms with Gasteiger partial charge in [0.1, 0.15) is 11.9 Å². The molecule has 8 heteroatoms. The monoisotopic (exact) mass is 343 g/mol. The molecule has 0 spiro atoms. The minimum absolute atomic E-state index is 0.168. The summed E-state index contributed by atoms with van der Waals surface area (Å²) < 4.78 is 0. The van der Waals surface area contributed by atoms with Gasteiger partial charge in [0.25, 0.3) is 0 Å². The predicted octanol–water partition coefficient (Wildman–Crippen LogP) is 3.17. The lowest BCUT2D eigenvalue weighted by atomic mass is 10.2. The van der Waals surface area contributed by atoms with Crippen LogP contribution in [0.3, 0.4) is 0 Å². The maximum absolute atomic E-state index is 10.9.